The fourth-order valence-corrected chi connectivity index (χ4v) is 11.6. The van der Waals surface area contributed by atoms with E-state index in [4.69, 9.17) is 4.98 Å². The monoisotopic (exact) mass is 977 g/mol. The third-order valence-corrected chi connectivity index (χ3v) is 15.2. The number of alkyl halides is 3. The molecule has 0 bridgehead atoms. The highest BCUT2D eigenvalue weighted by molar-refractivity contribution is 7.27. The second kappa shape index (κ2) is 17.2. The highest BCUT2D eigenvalue weighted by Gasteiger charge is 2.36. The number of imidazole rings is 1. The molecule has 0 spiro atoms. The summed E-state index contributed by atoms with van der Waals surface area (Å²) in [7, 11) is 0. The summed E-state index contributed by atoms with van der Waals surface area (Å²) in [5, 5.41) is 15.2. The first-order valence-electron chi connectivity index (χ1n) is 24.8. The Morgan fingerprint density at radius 1 is 0.556 bits per heavy atom. The van der Waals surface area contributed by atoms with Crippen LogP contribution in [-0.4, -0.2) is 19.6 Å². The first-order chi connectivity index (χ1) is 33.8. The number of hydrogen-bond donors (Lipinski definition) is 1. The molecule has 366 valence electrons. The predicted molar refractivity (Wildman–Crippen MR) is 297 cm³/mol. The minimum Gasteiger partial charge on any atom is -0.507 e. The van der Waals surface area contributed by atoms with Gasteiger partial charge in [0.2, 0.25) is 0 Å². The third kappa shape index (κ3) is 8.86. The van der Waals surface area contributed by atoms with Gasteiger partial charge in [0.25, 0.3) is 0 Å². The summed E-state index contributed by atoms with van der Waals surface area (Å²) in [4.78, 5) is 10.2. The molecule has 3 aromatic heterocycles. The lowest BCUT2D eigenvalue weighted by molar-refractivity contribution is -0.136. The van der Waals surface area contributed by atoms with Crippen molar-refractivity contribution in [3.8, 4) is 56.3 Å². The van der Waals surface area contributed by atoms with Gasteiger partial charge in [-0.2, -0.15) is 13.2 Å². The lowest BCUT2D eigenvalue weighted by Crippen LogP contribution is -2.17. The summed E-state index contributed by atoms with van der Waals surface area (Å²) in [5.41, 5.74) is 10.9. The van der Waals surface area contributed by atoms with Crippen molar-refractivity contribution in [1.29, 1.82) is 0 Å². The number of phenolic OH excluding ortho intramolecular Hbond substituents is 1. The SMILES string of the molecule is CC(C)(C)Cc1ccc2c(ccc3c2sc2c(-c4cccc(-c5cccc6c5nc(-c5cc(C(C)(C)C)cc(C(C)(C)C)c5O)n6-c5ccc(C(C)(C)C)cc5-c5ccccc5)c4)ncc(C(F)(F)F)c23)c1. The van der Waals surface area contributed by atoms with Crippen LogP contribution >= 0.6 is 11.3 Å². The maximum Gasteiger partial charge on any atom is 0.418 e. The molecule has 72 heavy (non-hydrogen) atoms. The number of aromatic hydroxyl groups is 1. The molecule has 3 heterocycles. The minimum atomic E-state index is -4.61. The van der Waals surface area contributed by atoms with E-state index in [1.807, 2.05) is 54.6 Å². The molecule has 0 aliphatic carbocycles. The quantitative estimate of drug-likeness (QED) is 0.181. The summed E-state index contributed by atoms with van der Waals surface area (Å²) < 4.78 is 48.5. The average Bonchev–Trinajstić information content (AvgIpc) is 3.89. The molecule has 0 aliphatic rings. The standard InChI is InChI=1S/C64H62F3N3OS/c1-60(2,3)35-37-24-27-45-40(30-37)25-28-46-53-50(64(65,66)67)36-68-54(58(53)72-57(45)46)41-21-16-20-39(31-41)44-22-17-23-52-55(44)69-59(48-33-43(62(7,8)9)34-49(56(48)71)63(10,11)12)70(52)51-29-26-42(61(4,5)6)32-47(51)38-18-14-13-15-19-38/h13-34,36,71H,35H2,1-12H3. The van der Waals surface area contributed by atoms with E-state index in [9.17, 15) is 5.11 Å². The summed E-state index contributed by atoms with van der Waals surface area (Å²) in [6, 6.07) is 45.5. The van der Waals surface area contributed by atoms with E-state index in [1.54, 1.807) is 0 Å². The number of hydrogen-bond acceptors (Lipinski definition) is 4. The van der Waals surface area contributed by atoms with E-state index >= 15 is 13.2 Å². The van der Waals surface area contributed by atoms with Crippen molar-refractivity contribution in [3.63, 3.8) is 0 Å². The molecular formula is C64H62F3N3OS. The van der Waals surface area contributed by atoms with E-state index in [0.29, 0.717) is 38.2 Å². The first-order valence-corrected chi connectivity index (χ1v) is 25.6. The zero-order chi connectivity index (χ0) is 51.4. The van der Waals surface area contributed by atoms with E-state index in [2.05, 4.69) is 171 Å². The van der Waals surface area contributed by atoms with Crippen molar-refractivity contribution >= 4 is 53.3 Å². The van der Waals surface area contributed by atoms with Crippen LogP contribution in [0.5, 0.6) is 5.75 Å². The van der Waals surface area contributed by atoms with Crippen LogP contribution in [0.4, 0.5) is 13.2 Å². The van der Waals surface area contributed by atoms with Gasteiger partial charge >= 0.3 is 6.18 Å². The van der Waals surface area contributed by atoms with Crippen molar-refractivity contribution in [2.45, 2.75) is 112 Å². The molecule has 0 saturated carbocycles. The Morgan fingerprint density at radius 3 is 1.90 bits per heavy atom. The van der Waals surface area contributed by atoms with Crippen LogP contribution in [0.2, 0.25) is 0 Å². The molecule has 0 unspecified atom stereocenters. The zero-order valence-corrected chi connectivity index (χ0v) is 44.1. The molecule has 0 amide bonds. The molecule has 10 aromatic rings. The average molecular weight is 978 g/mol. The Morgan fingerprint density at radius 2 is 1.22 bits per heavy atom. The van der Waals surface area contributed by atoms with Crippen LogP contribution < -0.4 is 0 Å². The van der Waals surface area contributed by atoms with Crippen LogP contribution in [0.15, 0.2) is 140 Å². The summed E-state index contributed by atoms with van der Waals surface area (Å²) >= 11 is 1.37. The number of para-hydroxylation sites is 1. The molecule has 7 aromatic carbocycles. The van der Waals surface area contributed by atoms with Crippen LogP contribution in [0.1, 0.15) is 111 Å². The van der Waals surface area contributed by atoms with Crippen molar-refractivity contribution in [1.82, 2.24) is 14.5 Å². The van der Waals surface area contributed by atoms with Gasteiger partial charge in [0, 0.05) is 43.9 Å². The van der Waals surface area contributed by atoms with E-state index in [0.717, 1.165) is 72.7 Å². The van der Waals surface area contributed by atoms with Gasteiger partial charge in [-0.3, -0.25) is 9.55 Å². The topological polar surface area (TPSA) is 50.9 Å². The molecule has 0 atom stereocenters. The van der Waals surface area contributed by atoms with Crippen molar-refractivity contribution in [2.24, 2.45) is 5.41 Å². The fourth-order valence-electron chi connectivity index (χ4n) is 10.2. The van der Waals surface area contributed by atoms with Gasteiger partial charge in [-0.15, -0.1) is 11.3 Å². The van der Waals surface area contributed by atoms with Crippen LogP contribution in [0.3, 0.4) is 0 Å². The van der Waals surface area contributed by atoms with Crippen LogP contribution in [0, 0.1) is 5.41 Å². The molecule has 1 N–H and O–H groups in total. The third-order valence-electron chi connectivity index (χ3n) is 13.9. The lowest BCUT2D eigenvalue weighted by atomic mass is 9.79. The highest BCUT2D eigenvalue weighted by Crippen LogP contribution is 2.49. The van der Waals surface area contributed by atoms with Gasteiger partial charge in [-0.05, 0) is 97.0 Å². The maximum absolute atomic E-state index is 15.0. The Hall–Kier alpha value is -6.77. The predicted octanol–water partition coefficient (Wildman–Crippen LogP) is 18.8. The van der Waals surface area contributed by atoms with Crippen molar-refractivity contribution in [3.05, 3.63) is 167 Å². The lowest BCUT2D eigenvalue weighted by Gasteiger charge is -2.28. The van der Waals surface area contributed by atoms with Crippen LogP contribution in [0.25, 0.3) is 92.6 Å². The van der Waals surface area contributed by atoms with E-state index in [1.165, 1.54) is 22.5 Å². The fraction of sp³-hybridized carbons (Fsp3) is 0.281. The summed E-state index contributed by atoms with van der Waals surface area (Å²) in [5.74, 6) is 0.777. The van der Waals surface area contributed by atoms with E-state index < -0.39 is 11.7 Å². The van der Waals surface area contributed by atoms with Gasteiger partial charge < -0.3 is 5.11 Å². The minimum absolute atomic E-state index is 0.0847. The molecule has 4 nitrogen and oxygen atoms in total. The van der Waals surface area contributed by atoms with E-state index in [-0.39, 0.29) is 32.8 Å². The van der Waals surface area contributed by atoms with Crippen molar-refractivity contribution < 1.29 is 18.3 Å². The van der Waals surface area contributed by atoms with Gasteiger partial charge in [-0.25, -0.2) is 4.98 Å². The molecule has 0 fully saturated rings. The Bertz CT molecular complexity index is 3760. The summed E-state index contributed by atoms with van der Waals surface area (Å²) in [6.07, 6.45) is -2.73. The molecule has 10 rings (SSSR count). The molecule has 8 heteroatoms. The largest absolute Gasteiger partial charge is 0.507 e. The number of nitrogens with zero attached hydrogens (tertiary/aromatic N) is 3. The number of halogens is 3. The van der Waals surface area contributed by atoms with Gasteiger partial charge in [0.15, 0.2) is 0 Å². The Labute approximate surface area is 425 Å². The number of aromatic nitrogens is 3. The molecule has 0 saturated heterocycles. The molecule has 0 aliphatic heterocycles. The smallest absolute Gasteiger partial charge is 0.418 e. The number of rotatable bonds is 6. The zero-order valence-electron chi connectivity index (χ0n) is 43.3. The second-order valence-corrected chi connectivity index (χ2v) is 24.9. The maximum atomic E-state index is 15.0. The second-order valence-electron chi connectivity index (χ2n) is 23.9. The number of phenols is 1. The van der Waals surface area contributed by atoms with Crippen LogP contribution in [-0.2, 0) is 28.8 Å². The normalized spacial score (nSPS) is 13.0. The van der Waals surface area contributed by atoms with Gasteiger partial charge in [-0.1, -0.05) is 186 Å². The first kappa shape index (κ1) is 48.8. The molecule has 0 radical (unpaired) electrons. The Kier molecular flexibility index (Phi) is 11.7. The van der Waals surface area contributed by atoms with Gasteiger partial charge in [0.05, 0.1) is 38.2 Å². The van der Waals surface area contributed by atoms with Gasteiger partial charge in [0.1, 0.15) is 11.6 Å². The number of thiophene rings is 1. The summed E-state index contributed by atoms with van der Waals surface area (Å²) in [6.45, 7) is 26.2. The highest BCUT2D eigenvalue weighted by atomic mass is 32.1. The number of pyridine rings is 1. The Balaban J connectivity index is 1.23. The number of benzene rings is 7. The van der Waals surface area contributed by atoms with Crippen molar-refractivity contribution in [2.75, 3.05) is 0 Å². The number of fused-ring (bicyclic) bond motifs is 6. The molecular weight excluding hydrogens is 916 g/mol.